The van der Waals surface area contributed by atoms with Gasteiger partial charge in [0.05, 0.1) is 6.54 Å². The van der Waals surface area contributed by atoms with E-state index in [1.165, 1.54) is 0 Å². The third kappa shape index (κ3) is 5.27. The molecular weight excluding hydrogens is 260 g/mol. The minimum Gasteiger partial charge on any atom is -0.479 e. The summed E-state index contributed by atoms with van der Waals surface area (Å²) in [5.74, 6) is -1.62. The van der Waals surface area contributed by atoms with Crippen LogP contribution in [0.2, 0.25) is 0 Å². The Morgan fingerprint density at radius 3 is 2.35 bits per heavy atom. The summed E-state index contributed by atoms with van der Waals surface area (Å²) in [4.78, 5) is 23.9. The van der Waals surface area contributed by atoms with E-state index >= 15 is 0 Å². The maximum absolute atomic E-state index is 11.5. The Bertz CT molecular complexity index is 457. The van der Waals surface area contributed by atoms with Crippen LogP contribution in [0.3, 0.4) is 0 Å². The number of anilines is 1. The molecule has 20 heavy (non-hydrogen) atoms. The van der Waals surface area contributed by atoms with Gasteiger partial charge in [0.15, 0.2) is 6.10 Å². The van der Waals surface area contributed by atoms with Gasteiger partial charge in [0.2, 0.25) is 5.91 Å². The average molecular weight is 280 g/mol. The van der Waals surface area contributed by atoms with Crippen LogP contribution in [0, 0.1) is 0 Å². The first-order valence-corrected chi connectivity index (χ1v) is 6.34. The van der Waals surface area contributed by atoms with E-state index in [-0.39, 0.29) is 18.9 Å². The van der Waals surface area contributed by atoms with Crippen LogP contribution in [0.25, 0.3) is 0 Å². The molecule has 0 spiro atoms. The van der Waals surface area contributed by atoms with Crippen molar-refractivity contribution in [2.24, 2.45) is 0 Å². The van der Waals surface area contributed by atoms with Gasteiger partial charge >= 0.3 is 5.97 Å². The van der Waals surface area contributed by atoms with Gasteiger partial charge in [-0.15, -0.1) is 0 Å². The second kappa shape index (κ2) is 7.49. The van der Waals surface area contributed by atoms with E-state index < -0.39 is 12.1 Å². The SMILES string of the molecule is CN(C)c1ccc(CCC(=O)NC[C@H](O)C(=O)O)cc1. The van der Waals surface area contributed by atoms with Crippen LogP contribution in [0.4, 0.5) is 5.69 Å². The van der Waals surface area contributed by atoms with Crippen LogP contribution < -0.4 is 10.2 Å². The molecule has 0 aliphatic rings. The quantitative estimate of drug-likeness (QED) is 0.666. The minimum atomic E-state index is -1.56. The molecule has 1 rings (SSSR count). The molecule has 0 radical (unpaired) electrons. The van der Waals surface area contributed by atoms with E-state index in [1.54, 1.807) is 0 Å². The number of aryl methyl sites for hydroxylation is 1. The second-order valence-electron chi connectivity index (χ2n) is 4.72. The molecule has 0 aromatic heterocycles. The summed E-state index contributed by atoms with van der Waals surface area (Å²) in [6.07, 6.45) is -0.727. The lowest BCUT2D eigenvalue weighted by atomic mass is 10.1. The lowest BCUT2D eigenvalue weighted by Gasteiger charge is -2.12. The lowest BCUT2D eigenvalue weighted by molar-refractivity contribution is -0.146. The molecule has 0 bridgehead atoms. The van der Waals surface area contributed by atoms with Crippen LogP contribution >= 0.6 is 0 Å². The Kier molecular flexibility index (Phi) is 5.99. The highest BCUT2D eigenvalue weighted by Gasteiger charge is 2.13. The smallest absolute Gasteiger partial charge is 0.334 e. The van der Waals surface area contributed by atoms with E-state index in [0.717, 1.165) is 11.3 Å². The first kappa shape index (κ1) is 16.0. The molecule has 0 saturated heterocycles. The summed E-state index contributed by atoms with van der Waals surface area (Å²) in [7, 11) is 3.91. The molecule has 0 aliphatic carbocycles. The molecule has 0 heterocycles. The first-order chi connectivity index (χ1) is 9.40. The van der Waals surface area contributed by atoms with Gasteiger partial charge in [-0.25, -0.2) is 4.79 Å². The predicted molar refractivity (Wildman–Crippen MR) is 75.7 cm³/mol. The van der Waals surface area contributed by atoms with E-state index in [2.05, 4.69) is 5.32 Å². The van der Waals surface area contributed by atoms with E-state index in [1.807, 2.05) is 43.3 Å². The zero-order valence-corrected chi connectivity index (χ0v) is 11.7. The first-order valence-electron chi connectivity index (χ1n) is 6.34. The summed E-state index contributed by atoms with van der Waals surface area (Å²) in [6.45, 7) is -0.270. The number of amides is 1. The fourth-order valence-electron chi connectivity index (χ4n) is 1.60. The fourth-order valence-corrected chi connectivity index (χ4v) is 1.60. The van der Waals surface area contributed by atoms with Crippen molar-refractivity contribution in [2.75, 3.05) is 25.5 Å². The van der Waals surface area contributed by atoms with Gasteiger partial charge < -0.3 is 20.4 Å². The largest absolute Gasteiger partial charge is 0.479 e. The van der Waals surface area contributed by atoms with Gasteiger partial charge in [0, 0.05) is 26.2 Å². The van der Waals surface area contributed by atoms with Gasteiger partial charge in [-0.05, 0) is 24.1 Å². The van der Waals surface area contributed by atoms with Crippen molar-refractivity contribution in [1.82, 2.24) is 5.32 Å². The highest BCUT2D eigenvalue weighted by atomic mass is 16.4. The van der Waals surface area contributed by atoms with Crippen LogP contribution in [0.1, 0.15) is 12.0 Å². The standard InChI is InChI=1S/C14H20N2O4/c1-16(2)11-6-3-10(4-7-11)5-8-13(18)15-9-12(17)14(19)20/h3-4,6-7,12,17H,5,8-9H2,1-2H3,(H,15,18)(H,19,20)/t12-/m0/s1. The van der Waals surface area contributed by atoms with Gasteiger partial charge in [-0.1, -0.05) is 12.1 Å². The lowest BCUT2D eigenvalue weighted by Crippen LogP contribution is -2.36. The number of nitrogens with zero attached hydrogens (tertiary/aromatic N) is 1. The van der Waals surface area contributed by atoms with Crippen molar-refractivity contribution in [3.05, 3.63) is 29.8 Å². The number of aliphatic carboxylic acids is 1. The second-order valence-corrected chi connectivity index (χ2v) is 4.72. The zero-order valence-electron chi connectivity index (χ0n) is 11.7. The molecule has 3 N–H and O–H groups in total. The summed E-state index contributed by atoms with van der Waals surface area (Å²) >= 11 is 0. The van der Waals surface area contributed by atoms with Gasteiger partial charge in [0.25, 0.3) is 0 Å². The number of carboxylic acid groups (broad SMARTS) is 1. The van der Waals surface area contributed by atoms with Gasteiger partial charge in [-0.2, -0.15) is 0 Å². The number of hydrogen-bond donors (Lipinski definition) is 3. The molecule has 0 saturated carbocycles. The number of carbonyl (C=O) groups is 2. The molecule has 1 aromatic carbocycles. The molecule has 1 amide bonds. The summed E-state index contributed by atoms with van der Waals surface area (Å²) in [5.41, 5.74) is 2.12. The van der Waals surface area contributed by atoms with E-state index in [4.69, 9.17) is 10.2 Å². The fraction of sp³-hybridized carbons (Fsp3) is 0.429. The van der Waals surface area contributed by atoms with Crippen molar-refractivity contribution >= 4 is 17.6 Å². The predicted octanol–water partition coefficient (Wildman–Crippen LogP) is 0.247. The molecule has 1 atom stereocenters. The average Bonchev–Trinajstić information content (AvgIpc) is 2.42. The van der Waals surface area contributed by atoms with Gasteiger partial charge in [-0.3, -0.25) is 4.79 Å². The number of aliphatic hydroxyl groups is 1. The van der Waals surface area contributed by atoms with Crippen LogP contribution in [-0.4, -0.2) is 48.8 Å². The molecule has 0 unspecified atom stereocenters. The molecule has 0 aliphatic heterocycles. The number of hydrogen-bond acceptors (Lipinski definition) is 4. The zero-order chi connectivity index (χ0) is 15.1. The monoisotopic (exact) mass is 280 g/mol. The summed E-state index contributed by atoms with van der Waals surface area (Å²) in [6, 6.07) is 7.85. The van der Waals surface area contributed by atoms with Gasteiger partial charge in [0.1, 0.15) is 0 Å². The van der Waals surface area contributed by atoms with Crippen LogP contribution in [-0.2, 0) is 16.0 Å². The third-order valence-corrected chi connectivity index (χ3v) is 2.87. The Balaban J connectivity index is 2.35. The number of rotatable bonds is 7. The van der Waals surface area contributed by atoms with Crippen molar-refractivity contribution in [1.29, 1.82) is 0 Å². The topological polar surface area (TPSA) is 89.9 Å². The summed E-state index contributed by atoms with van der Waals surface area (Å²) < 4.78 is 0. The number of carbonyl (C=O) groups excluding carboxylic acids is 1. The third-order valence-electron chi connectivity index (χ3n) is 2.87. The van der Waals surface area contributed by atoms with Crippen molar-refractivity contribution < 1.29 is 19.8 Å². The number of nitrogens with one attached hydrogen (secondary N) is 1. The normalized spacial score (nSPS) is 11.8. The number of benzene rings is 1. The molecule has 0 fully saturated rings. The maximum Gasteiger partial charge on any atom is 0.334 e. The Labute approximate surface area is 118 Å². The Morgan fingerprint density at radius 2 is 1.85 bits per heavy atom. The molecule has 110 valence electrons. The summed E-state index contributed by atoms with van der Waals surface area (Å²) in [5, 5.41) is 19.9. The van der Waals surface area contributed by atoms with Crippen LogP contribution in [0.5, 0.6) is 0 Å². The molecule has 6 heteroatoms. The van der Waals surface area contributed by atoms with Crippen molar-refractivity contribution in [2.45, 2.75) is 18.9 Å². The highest BCUT2D eigenvalue weighted by Crippen LogP contribution is 2.13. The molecule has 6 nitrogen and oxygen atoms in total. The van der Waals surface area contributed by atoms with E-state index in [0.29, 0.717) is 6.42 Å². The van der Waals surface area contributed by atoms with E-state index in [9.17, 15) is 9.59 Å². The molecule has 1 aromatic rings. The Morgan fingerprint density at radius 1 is 1.25 bits per heavy atom. The van der Waals surface area contributed by atoms with Crippen LogP contribution in [0.15, 0.2) is 24.3 Å². The number of carboxylic acids is 1. The molecular formula is C14H20N2O4. The highest BCUT2D eigenvalue weighted by molar-refractivity contribution is 5.78. The maximum atomic E-state index is 11.5. The minimum absolute atomic E-state index is 0.258. The van der Waals surface area contributed by atoms with Crippen molar-refractivity contribution in [3.63, 3.8) is 0 Å². The van der Waals surface area contributed by atoms with Crippen molar-refractivity contribution in [3.8, 4) is 0 Å². The number of aliphatic hydroxyl groups excluding tert-OH is 1. The Hall–Kier alpha value is -2.08.